The van der Waals surface area contributed by atoms with Crippen LogP contribution in [0.15, 0.2) is 48.5 Å². The first-order valence-electron chi connectivity index (χ1n) is 12.2. The zero-order valence-corrected chi connectivity index (χ0v) is 20.8. The first-order chi connectivity index (χ1) is 16.5. The minimum absolute atomic E-state index is 0.0268. The van der Waals surface area contributed by atoms with Crippen molar-refractivity contribution in [3.63, 3.8) is 0 Å². The summed E-state index contributed by atoms with van der Waals surface area (Å²) in [6.45, 7) is 3.26. The molecule has 0 aliphatic heterocycles. The molecule has 1 aliphatic carbocycles. The van der Waals surface area contributed by atoms with Gasteiger partial charge in [-0.05, 0) is 68.8 Å². The average Bonchev–Trinajstić information content (AvgIpc) is 2.83. The highest BCUT2D eigenvalue weighted by molar-refractivity contribution is 5.92. The summed E-state index contributed by atoms with van der Waals surface area (Å²) in [5.41, 5.74) is 2.10. The Kier molecular flexibility index (Phi) is 9.52. The van der Waals surface area contributed by atoms with Gasteiger partial charge in [-0.15, -0.1) is 0 Å². The van der Waals surface area contributed by atoms with Gasteiger partial charge in [-0.25, -0.2) is 0 Å². The van der Waals surface area contributed by atoms with Crippen molar-refractivity contribution in [3.05, 3.63) is 59.7 Å². The van der Waals surface area contributed by atoms with E-state index in [4.69, 9.17) is 9.47 Å². The van der Waals surface area contributed by atoms with Gasteiger partial charge in [-0.1, -0.05) is 37.1 Å². The molecule has 1 aliphatic rings. The lowest BCUT2D eigenvalue weighted by atomic mass is 9.51. The van der Waals surface area contributed by atoms with Crippen LogP contribution < -0.4 is 20.1 Å². The average molecular weight is 467 g/mol. The smallest absolute Gasteiger partial charge is 0.224 e. The van der Waals surface area contributed by atoms with Crippen LogP contribution in [0.1, 0.15) is 55.6 Å². The van der Waals surface area contributed by atoms with Crippen molar-refractivity contribution in [2.24, 2.45) is 11.8 Å². The van der Waals surface area contributed by atoms with Gasteiger partial charge in [0.1, 0.15) is 17.3 Å². The van der Waals surface area contributed by atoms with Crippen LogP contribution in [0.5, 0.6) is 11.5 Å². The van der Waals surface area contributed by atoms with Crippen LogP contribution in [-0.2, 0) is 9.59 Å². The Morgan fingerprint density at radius 1 is 0.735 bits per heavy atom. The Bertz CT molecular complexity index is 926. The molecule has 6 heteroatoms. The molecule has 0 bridgehead atoms. The summed E-state index contributed by atoms with van der Waals surface area (Å²) in [6, 6.07) is 15.7. The molecule has 1 saturated carbocycles. The van der Waals surface area contributed by atoms with Crippen molar-refractivity contribution in [3.8, 4) is 11.5 Å². The third kappa shape index (κ3) is 5.98. The number of nitrogens with one attached hydrogen (secondary N) is 2. The fraction of sp³-hybridized carbons (Fsp3) is 0.500. The number of amides is 1. The molecule has 4 atom stereocenters. The second-order valence-electron chi connectivity index (χ2n) is 9.07. The van der Waals surface area contributed by atoms with Crippen LogP contribution in [0.4, 0.5) is 0 Å². The molecule has 1 fully saturated rings. The van der Waals surface area contributed by atoms with E-state index in [0.717, 1.165) is 54.9 Å². The molecule has 34 heavy (non-hydrogen) atoms. The topological polar surface area (TPSA) is 76.7 Å². The molecule has 2 aromatic rings. The Labute approximate surface area is 203 Å². The zero-order valence-electron chi connectivity index (χ0n) is 20.8. The second kappa shape index (κ2) is 12.6. The van der Waals surface area contributed by atoms with Crippen LogP contribution in [0, 0.1) is 11.8 Å². The largest absolute Gasteiger partial charge is 0.497 e. The molecular formula is C28H38N2O4. The highest BCUT2D eigenvalue weighted by Gasteiger charge is 2.56. The molecule has 0 aromatic heterocycles. The first-order valence-corrected chi connectivity index (χ1v) is 12.2. The number of ketones is 1. The highest BCUT2D eigenvalue weighted by atomic mass is 16.5. The van der Waals surface area contributed by atoms with Gasteiger partial charge in [0.25, 0.3) is 0 Å². The summed E-state index contributed by atoms with van der Waals surface area (Å²) < 4.78 is 10.6. The number of hydrogen-bond donors (Lipinski definition) is 2. The number of rotatable bonds is 13. The molecule has 0 radical (unpaired) electrons. The van der Waals surface area contributed by atoms with Crippen LogP contribution in [0.3, 0.4) is 0 Å². The lowest BCUT2D eigenvalue weighted by Crippen LogP contribution is -2.54. The molecule has 0 spiro atoms. The van der Waals surface area contributed by atoms with Gasteiger partial charge in [0.05, 0.1) is 20.1 Å². The fourth-order valence-corrected chi connectivity index (χ4v) is 5.17. The highest BCUT2D eigenvalue weighted by Crippen LogP contribution is 2.58. The lowest BCUT2D eigenvalue weighted by molar-refractivity contribution is -0.142. The predicted octanol–water partition coefficient (Wildman–Crippen LogP) is 4.30. The van der Waals surface area contributed by atoms with Gasteiger partial charge in [-0.3, -0.25) is 9.59 Å². The number of Topliss-reactive ketones (excluding diaryl/α,β-unsaturated/α-hetero) is 1. The molecule has 2 N–H and O–H groups in total. The Morgan fingerprint density at radius 2 is 1.21 bits per heavy atom. The van der Waals surface area contributed by atoms with Crippen molar-refractivity contribution in [2.75, 3.05) is 34.4 Å². The number of ether oxygens (including phenoxy) is 2. The maximum absolute atomic E-state index is 13.3. The number of hydrogen-bond acceptors (Lipinski definition) is 5. The molecule has 0 heterocycles. The minimum atomic E-state index is -0.387. The van der Waals surface area contributed by atoms with E-state index in [-0.39, 0.29) is 35.4 Å². The van der Waals surface area contributed by atoms with E-state index < -0.39 is 0 Å². The maximum Gasteiger partial charge on any atom is 0.224 e. The standard InChI is InChI=1S/C28H38N2O4/c1-19(31)24-25(20-9-13-22(33-3)14-10-20)26(21-11-15-23(34-4)16-12-21)27(24)28(32)30-18-8-6-5-7-17-29-2/h9-16,24-27,29H,5-8,17-18H2,1-4H3,(H,30,32). The van der Waals surface area contributed by atoms with Crippen molar-refractivity contribution in [1.82, 2.24) is 10.6 Å². The molecule has 0 saturated heterocycles. The number of carbonyl (C=O) groups excluding carboxylic acids is 2. The number of unbranched alkanes of at least 4 members (excludes halogenated alkanes) is 3. The van der Waals surface area contributed by atoms with Crippen molar-refractivity contribution >= 4 is 11.7 Å². The molecular weight excluding hydrogens is 428 g/mol. The van der Waals surface area contributed by atoms with E-state index >= 15 is 0 Å². The third-order valence-corrected chi connectivity index (χ3v) is 6.97. The summed E-state index contributed by atoms with van der Waals surface area (Å²) in [7, 11) is 5.24. The number of benzene rings is 2. The molecule has 2 aromatic carbocycles. The van der Waals surface area contributed by atoms with Gasteiger partial charge >= 0.3 is 0 Å². The normalized spacial score (nSPS) is 21.4. The first kappa shape index (κ1) is 25.8. The summed E-state index contributed by atoms with van der Waals surface area (Å²) in [6.07, 6.45) is 4.31. The Morgan fingerprint density at radius 3 is 1.65 bits per heavy atom. The molecule has 4 unspecified atom stereocenters. The second-order valence-corrected chi connectivity index (χ2v) is 9.07. The monoisotopic (exact) mass is 466 g/mol. The summed E-state index contributed by atoms with van der Waals surface area (Å²) in [5.74, 6) is 0.689. The van der Waals surface area contributed by atoms with E-state index in [1.807, 2.05) is 55.6 Å². The molecule has 1 amide bonds. The van der Waals surface area contributed by atoms with Crippen molar-refractivity contribution < 1.29 is 19.1 Å². The van der Waals surface area contributed by atoms with E-state index in [2.05, 4.69) is 10.6 Å². The number of carbonyl (C=O) groups is 2. The maximum atomic E-state index is 13.3. The quantitative estimate of drug-likeness (QED) is 0.431. The Hall–Kier alpha value is -2.86. The van der Waals surface area contributed by atoms with Crippen molar-refractivity contribution in [1.29, 1.82) is 0 Å². The summed E-state index contributed by atoms with van der Waals surface area (Å²) in [5, 5.41) is 6.28. The fourth-order valence-electron chi connectivity index (χ4n) is 5.17. The summed E-state index contributed by atoms with van der Waals surface area (Å²) >= 11 is 0. The van der Waals surface area contributed by atoms with Gasteiger partial charge in [0.15, 0.2) is 0 Å². The van der Waals surface area contributed by atoms with E-state index in [0.29, 0.717) is 6.54 Å². The van der Waals surface area contributed by atoms with Gasteiger partial charge in [-0.2, -0.15) is 0 Å². The molecule has 3 rings (SSSR count). The molecule has 6 nitrogen and oxygen atoms in total. The van der Waals surface area contributed by atoms with Crippen molar-refractivity contribution in [2.45, 2.75) is 44.4 Å². The van der Waals surface area contributed by atoms with Gasteiger partial charge in [0, 0.05) is 24.3 Å². The van der Waals surface area contributed by atoms with E-state index in [1.165, 1.54) is 0 Å². The van der Waals surface area contributed by atoms with E-state index in [1.54, 1.807) is 21.1 Å². The van der Waals surface area contributed by atoms with Crippen LogP contribution >= 0.6 is 0 Å². The molecule has 184 valence electrons. The third-order valence-electron chi connectivity index (χ3n) is 6.97. The number of methoxy groups -OCH3 is 2. The van der Waals surface area contributed by atoms with Crippen LogP contribution in [0.2, 0.25) is 0 Å². The van der Waals surface area contributed by atoms with E-state index in [9.17, 15) is 9.59 Å². The van der Waals surface area contributed by atoms with Crippen LogP contribution in [0.25, 0.3) is 0 Å². The lowest BCUT2D eigenvalue weighted by Gasteiger charge is -2.50. The minimum Gasteiger partial charge on any atom is -0.497 e. The Balaban J connectivity index is 1.80. The summed E-state index contributed by atoms with van der Waals surface area (Å²) in [4.78, 5) is 26.1. The van der Waals surface area contributed by atoms with Gasteiger partial charge < -0.3 is 20.1 Å². The van der Waals surface area contributed by atoms with Gasteiger partial charge in [0.2, 0.25) is 5.91 Å². The van der Waals surface area contributed by atoms with Crippen LogP contribution in [-0.4, -0.2) is 46.0 Å². The zero-order chi connectivity index (χ0) is 24.5. The SMILES string of the molecule is CNCCCCCCNC(=O)C1C(C(C)=O)C(c2ccc(OC)cc2)C1c1ccc(OC)cc1. The predicted molar refractivity (Wildman–Crippen MR) is 135 cm³/mol.